The van der Waals surface area contributed by atoms with Crippen molar-refractivity contribution in [2.75, 3.05) is 5.73 Å². The van der Waals surface area contributed by atoms with E-state index in [1.807, 2.05) is 0 Å². The minimum Gasteiger partial charge on any atom is -0.392 e. The standard InChI is InChI=1S/C9H14ClN3O/c1-6(2)3-4-13-5-12-8(10)7(11)9(13)14/h5-6H,3-4,11H2,1-2H3. The molecule has 0 bridgehead atoms. The van der Waals surface area contributed by atoms with Gasteiger partial charge in [0.1, 0.15) is 5.69 Å². The lowest BCUT2D eigenvalue weighted by molar-refractivity contribution is 0.504. The summed E-state index contributed by atoms with van der Waals surface area (Å²) in [4.78, 5) is 15.3. The Morgan fingerprint density at radius 3 is 2.86 bits per heavy atom. The van der Waals surface area contributed by atoms with E-state index < -0.39 is 0 Å². The van der Waals surface area contributed by atoms with Gasteiger partial charge in [0, 0.05) is 6.54 Å². The van der Waals surface area contributed by atoms with Crippen LogP contribution in [0.1, 0.15) is 20.3 Å². The summed E-state index contributed by atoms with van der Waals surface area (Å²) in [6.45, 7) is 4.82. The number of rotatable bonds is 3. The van der Waals surface area contributed by atoms with Crippen LogP contribution in [0.25, 0.3) is 0 Å². The maximum absolute atomic E-state index is 11.5. The van der Waals surface area contributed by atoms with Crippen LogP contribution in [0.3, 0.4) is 0 Å². The molecule has 0 saturated heterocycles. The van der Waals surface area contributed by atoms with Gasteiger partial charge in [-0.2, -0.15) is 0 Å². The molecule has 0 fully saturated rings. The first-order valence-corrected chi connectivity index (χ1v) is 4.90. The van der Waals surface area contributed by atoms with E-state index in [1.54, 1.807) is 0 Å². The quantitative estimate of drug-likeness (QED) is 0.778. The zero-order chi connectivity index (χ0) is 10.7. The number of aryl methyl sites for hydroxylation is 1. The van der Waals surface area contributed by atoms with E-state index in [2.05, 4.69) is 18.8 Å². The normalized spacial score (nSPS) is 10.9. The van der Waals surface area contributed by atoms with Crippen molar-refractivity contribution in [1.82, 2.24) is 9.55 Å². The lowest BCUT2D eigenvalue weighted by Crippen LogP contribution is -2.24. The number of nitrogen functional groups attached to an aromatic ring is 1. The van der Waals surface area contributed by atoms with E-state index in [1.165, 1.54) is 10.9 Å². The molecule has 0 spiro atoms. The molecule has 0 atom stereocenters. The van der Waals surface area contributed by atoms with Crippen LogP contribution in [0.15, 0.2) is 11.1 Å². The van der Waals surface area contributed by atoms with Crippen molar-refractivity contribution in [3.8, 4) is 0 Å². The Balaban J connectivity index is 2.89. The van der Waals surface area contributed by atoms with Gasteiger partial charge in [-0.1, -0.05) is 25.4 Å². The highest BCUT2D eigenvalue weighted by atomic mass is 35.5. The zero-order valence-corrected chi connectivity index (χ0v) is 9.08. The Kier molecular flexibility index (Phi) is 3.52. The summed E-state index contributed by atoms with van der Waals surface area (Å²) < 4.78 is 1.49. The Bertz CT molecular complexity index is 373. The number of hydrogen-bond donors (Lipinski definition) is 1. The number of anilines is 1. The summed E-state index contributed by atoms with van der Waals surface area (Å²) in [7, 11) is 0. The van der Waals surface area contributed by atoms with Crippen LogP contribution in [-0.2, 0) is 6.54 Å². The van der Waals surface area contributed by atoms with Crippen molar-refractivity contribution in [2.45, 2.75) is 26.8 Å². The molecule has 1 aromatic rings. The maximum atomic E-state index is 11.5. The van der Waals surface area contributed by atoms with Crippen LogP contribution in [0.5, 0.6) is 0 Å². The molecule has 78 valence electrons. The molecule has 0 aliphatic rings. The highest BCUT2D eigenvalue weighted by Crippen LogP contribution is 2.09. The monoisotopic (exact) mass is 215 g/mol. The fraction of sp³-hybridized carbons (Fsp3) is 0.556. The van der Waals surface area contributed by atoms with Gasteiger partial charge >= 0.3 is 0 Å². The van der Waals surface area contributed by atoms with Crippen LogP contribution in [0.4, 0.5) is 5.69 Å². The van der Waals surface area contributed by atoms with Gasteiger partial charge in [-0.05, 0) is 12.3 Å². The van der Waals surface area contributed by atoms with E-state index in [9.17, 15) is 4.79 Å². The average Bonchev–Trinajstić information content (AvgIpc) is 2.13. The number of nitrogens with zero attached hydrogens (tertiary/aromatic N) is 2. The van der Waals surface area contributed by atoms with Gasteiger partial charge in [0.2, 0.25) is 0 Å². The van der Waals surface area contributed by atoms with Crippen LogP contribution in [0, 0.1) is 5.92 Å². The van der Waals surface area contributed by atoms with Crippen LogP contribution in [0.2, 0.25) is 5.15 Å². The maximum Gasteiger partial charge on any atom is 0.278 e. The Morgan fingerprint density at radius 1 is 1.64 bits per heavy atom. The van der Waals surface area contributed by atoms with Gasteiger partial charge in [0.25, 0.3) is 5.56 Å². The van der Waals surface area contributed by atoms with Crippen molar-refractivity contribution in [2.24, 2.45) is 5.92 Å². The largest absolute Gasteiger partial charge is 0.392 e. The predicted molar refractivity (Wildman–Crippen MR) is 57.4 cm³/mol. The fourth-order valence-electron chi connectivity index (χ4n) is 1.04. The van der Waals surface area contributed by atoms with E-state index in [0.717, 1.165) is 6.42 Å². The molecule has 2 N–H and O–H groups in total. The zero-order valence-electron chi connectivity index (χ0n) is 8.33. The molecule has 0 amide bonds. The topological polar surface area (TPSA) is 60.9 Å². The molecule has 14 heavy (non-hydrogen) atoms. The third-order valence-corrected chi connectivity index (χ3v) is 2.27. The molecule has 1 aromatic heterocycles. The smallest absolute Gasteiger partial charge is 0.278 e. The molecule has 0 aliphatic heterocycles. The second-order valence-corrected chi connectivity index (χ2v) is 3.99. The van der Waals surface area contributed by atoms with E-state index in [0.29, 0.717) is 12.5 Å². The van der Waals surface area contributed by atoms with E-state index in [4.69, 9.17) is 17.3 Å². The van der Waals surface area contributed by atoms with Crippen LogP contribution in [-0.4, -0.2) is 9.55 Å². The molecular formula is C9H14ClN3O. The molecule has 0 saturated carbocycles. The number of halogens is 1. The Labute approximate surface area is 87.7 Å². The molecule has 0 aromatic carbocycles. The molecule has 1 heterocycles. The second kappa shape index (κ2) is 4.46. The van der Waals surface area contributed by atoms with Crippen molar-refractivity contribution in [1.29, 1.82) is 0 Å². The highest BCUT2D eigenvalue weighted by Gasteiger charge is 2.06. The van der Waals surface area contributed by atoms with Gasteiger partial charge in [0.05, 0.1) is 6.33 Å². The van der Waals surface area contributed by atoms with Crippen LogP contribution >= 0.6 is 11.6 Å². The van der Waals surface area contributed by atoms with Gasteiger partial charge in [-0.3, -0.25) is 9.36 Å². The molecule has 1 rings (SSSR count). The van der Waals surface area contributed by atoms with E-state index >= 15 is 0 Å². The van der Waals surface area contributed by atoms with Gasteiger partial charge in [-0.25, -0.2) is 4.98 Å². The fourth-order valence-corrected chi connectivity index (χ4v) is 1.17. The Hall–Kier alpha value is -1.03. The molecular weight excluding hydrogens is 202 g/mol. The average molecular weight is 216 g/mol. The predicted octanol–water partition coefficient (Wildman–Crippen LogP) is 1.52. The van der Waals surface area contributed by atoms with Gasteiger partial charge in [0.15, 0.2) is 5.15 Å². The summed E-state index contributed by atoms with van der Waals surface area (Å²) in [5.74, 6) is 0.541. The minimum absolute atomic E-state index is 0.0259. The molecule has 0 aliphatic carbocycles. The molecule has 5 heteroatoms. The van der Waals surface area contributed by atoms with Crippen molar-refractivity contribution in [3.63, 3.8) is 0 Å². The lowest BCUT2D eigenvalue weighted by atomic mass is 10.1. The molecule has 0 radical (unpaired) electrons. The summed E-state index contributed by atoms with van der Waals surface area (Å²) in [5.41, 5.74) is 5.23. The minimum atomic E-state index is -0.259. The van der Waals surface area contributed by atoms with Crippen LogP contribution < -0.4 is 11.3 Å². The second-order valence-electron chi connectivity index (χ2n) is 3.63. The lowest BCUT2D eigenvalue weighted by Gasteiger charge is -2.08. The van der Waals surface area contributed by atoms with Gasteiger partial charge in [-0.15, -0.1) is 0 Å². The summed E-state index contributed by atoms with van der Waals surface area (Å²) >= 11 is 5.60. The van der Waals surface area contributed by atoms with Gasteiger partial charge < -0.3 is 5.73 Å². The van der Waals surface area contributed by atoms with E-state index in [-0.39, 0.29) is 16.4 Å². The first kappa shape index (κ1) is 11.0. The van der Waals surface area contributed by atoms with Crippen molar-refractivity contribution < 1.29 is 0 Å². The Morgan fingerprint density at radius 2 is 2.29 bits per heavy atom. The van der Waals surface area contributed by atoms with Crippen molar-refractivity contribution in [3.05, 3.63) is 21.8 Å². The summed E-state index contributed by atoms with van der Waals surface area (Å²) in [5, 5.41) is 0.0794. The SMILES string of the molecule is CC(C)CCn1cnc(Cl)c(N)c1=O. The summed E-state index contributed by atoms with van der Waals surface area (Å²) in [6, 6.07) is 0. The summed E-state index contributed by atoms with van der Waals surface area (Å²) in [6.07, 6.45) is 2.35. The highest BCUT2D eigenvalue weighted by molar-refractivity contribution is 6.31. The number of aromatic nitrogens is 2. The first-order valence-electron chi connectivity index (χ1n) is 4.52. The van der Waals surface area contributed by atoms with Crippen molar-refractivity contribution >= 4 is 17.3 Å². The number of hydrogen-bond acceptors (Lipinski definition) is 3. The molecule has 0 unspecified atom stereocenters. The number of nitrogens with two attached hydrogens (primary N) is 1. The first-order chi connectivity index (χ1) is 6.52. The molecule has 4 nitrogen and oxygen atoms in total. The third kappa shape index (κ3) is 2.48. The third-order valence-electron chi connectivity index (χ3n) is 1.97.